The van der Waals surface area contributed by atoms with Crippen LogP contribution in [0.5, 0.6) is 0 Å². The van der Waals surface area contributed by atoms with E-state index in [9.17, 15) is 19.7 Å². The van der Waals surface area contributed by atoms with E-state index in [0.717, 1.165) is 5.56 Å². The van der Waals surface area contributed by atoms with Crippen LogP contribution in [-0.4, -0.2) is 30.6 Å². The fraction of sp³-hybridized carbons (Fsp3) is 0.273. The summed E-state index contributed by atoms with van der Waals surface area (Å²) in [6, 6.07) is 12.8. The maximum atomic E-state index is 12.7. The first kappa shape index (κ1) is 23.1. The second-order valence-electron chi connectivity index (χ2n) is 6.40. The molecule has 7 nitrogen and oxygen atoms in total. The lowest BCUT2D eigenvalue weighted by Gasteiger charge is -2.25. The van der Waals surface area contributed by atoms with Crippen LogP contribution < -0.4 is 0 Å². The number of nitro benzene ring substituents is 1. The fourth-order valence-electron chi connectivity index (χ4n) is 3.14. The average Bonchev–Trinajstić information content (AvgIpc) is 2.74. The maximum absolute atomic E-state index is 12.7. The zero-order chi connectivity index (χ0) is 22.1. The number of benzene rings is 2. The highest BCUT2D eigenvalue weighted by molar-refractivity contribution is 6.30. The quantitative estimate of drug-likeness (QED) is 0.245. The van der Waals surface area contributed by atoms with E-state index in [1.165, 1.54) is 37.5 Å². The number of rotatable bonds is 9. The van der Waals surface area contributed by atoms with E-state index in [1.54, 1.807) is 37.3 Å². The summed E-state index contributed by atoms with van der Waals surface area (Å²) in [7, 11) is 1.29. The van der Waals surface area contributed by atoms with E-state index in [0.29, 0.717) is 17.0 Å². The van der Waals surface area contributed by atoms with E-state index >= 15 is 0 Å². The molecular formula is C22H22ClNO6. The molecule has 8 heteroatoms. The molecule has 158 valence electrons. The number of nitro groups is 1. The molecule has 2 atom stereocenters. The summed E-state index contributed by atoms with van der Waals surface area (Å²) in [6.07, 6.45) is 3.28. The summed E-state index contributed by atoms with van der Waals surface area (Å²) < 4.78 is 9.92. The Morgan fingerprint density at radius 3 is 2.23 bits per heavy atom. The number of ether oxygens (including phenoxy) is 2. The van der Waals surface area contributed by atoms with Crippen LogP contribution in [0.3, 0.4) is 0 Å². The van der Waals surface area contributed by atoms with Crippen molar-refractivity contribution in [1.82, 2.24) is 0 Å². The molecule has 30 heavy (non-hydrogen) atoms. The van der Waals surface area contributed by atoms with Crippen LogP contribution in [0.25, 0.3) is 0 Å². The molecule has 0 heterocycles. The van der Waals surface area contributed by atoms with Crippen LogP contribution in [0.15, 0.2) is 60.7 Å². The van der Waals surface area contributed by atoms with Crippen LogP contribution in [-0.2, 0) is 19.1 Å². The lowest BCUT2D eigenvalue weighted by Crippen LogP contribution is -2.22. The number of esters is 2. The van der Waals surface area contributed by atoms with Gasteiger partial charge >= 0.3 is 11.9 Å². The van der Waals surface area contributed by atoms with Gasteiger partial charge in [0, 0.05) is 29.1 Å². The first-order chi connectivity index (χ1) is 14.4. The van der Waals surface area contributed by atoms with Crippen molar-refractivity contribution in [3.8, 4) is 0 Å². The Morgan fingerprint density at radius 1 is 1.10 bits per heavy atom. The first-order valence-corrected chi connectivity index (χ1v) is 9.66. The highest BCUT2D eigenvalue weighted by atomic mass is 35.5. The predicted molar refractivity (Wildman–Crippen MR) is 112 cm³/mol. The molecule has 2 rings (SSSR count). The van der Waals surface area contributed by atoms with E-state index in [2.05, 4.69) is 0 Å². The minimum Gasteiger partial charge on any atom is -0.469 e. The number of carbonyl (C=O) groups excluding carboxylic acids is 2. The van der Waals surface area contributed by atoms with Crippen molar-refractivity contribution in [1.29, 1.82) is 0 Å². The zero-order valence-corrected chi connectivity index (χ0v) is 17.4. The predicted octanol–water partition coefficient (Wildman–Crippen LogP) is 4.80. The van der Waals surface area contributed by atoms with Crippen molar-refractivity contribution < 1.29 is 24.0 Å². The molecule has 0 N–H and O–H groups in total. The molecule has 2 unspecified atom stereocenters. The highest BCUT2D eigenvalue weighted by Crippen LogP contribution is 2.38. The molecule has 0 saturated carbocycles. The van der Waals surface area contributed by atoms with E-state index in [1.807, 2.05) is 0 Å². The monoisotopic (exact) mass is 431 g/mol. The minimum absolute atomic E-state index is 0.0763. The Morgan fingerprint density at radius 2 is 1.70 bits per heavy atom. The number of halogens is 1. The lowest BCUT2D eigenvalue weighted by molar-refractivity contribution is -0.384. The standard InChI is InChI=1S/C22H22ClNO6/c1-3-30-20(25)6-4-5-19(15-7-11-17(23)12-8-15)21(22(26)29-2)16-9-13-18(14-10-16)24(27)28/h4,6-14,19,21H,3,5H2,1-2H3/b6-4+. The van der Waals surface area contributed by atoms with Crippen molar-refractivity contribution in [3.63, 3.8) is 0 Å². The number of hydrogen-bond donors (Lipinski definition) is 0. The second-order valence-corrected chi connectivity index (χ2v) is 6.83. The van der Waals surface area contributed by atoms with Gasteiger partial charge in [0.25, 0.3) is 5.69 Å². The van der Waals surface area contributed by atoms with Crippen molar-refractivity contribution >= 4 is 29.2 Å². The molecule has 0 amide bonds. The Bertz CT molecular complexity index is 908. The molecule has 0 aliphatic heterocycles. The van der Waals surface area contributed by atoms with Crippen LogP contribution in [0.1, 0.15) is 36.3 Å². The summed E-state index contributed by atoms with van der Waals surface area (Å²) in [5, 5.41) is 11.5. The SMILES string of the molecule is CCOC(=O)/C=C/CC(c1ccc(Cl)cc1)C(C(=O)OC)c1ccc([N+](=O)[O-])cc1. The number of nitrogens with zero attached hydrogens (tertiary/aromatic N) is 1. The van der Waals surface area contributed by atoms with E-state index in [4.69, 9.17) is 21.1 Å². The zero-order valence-electron chi connectivity index (χ0n) is 16.6. The van der Waals surface area contributed by atoms with Gasteiger partial charge in [-0.25, -0.2) is 4.79 Å². The number of hydrogen-bond acceptors (Lipinski definition) is 6. The molecule has 2 aromatic rings. The Hall–Kier alpha value is -3.19. The largest absolute Gasteiger partial charge is 0.469 e. The number of allylic oxidation sites excluding steroid dienone is 1. The normalized spacial score (nSPS) is 12.9. The Labute approximate surface area is 179 Å². The molecule has 2 aromatic carbocycles. The maximum Gasteiger partial charge on any atom is 0.330 e. The van der Waals surface area contributed by atoms with Crippen molar-refractivity contribution in [2.24, 2.45) is 0 Å². The molecule has 0 aromatic heterocycles. The lowest BCUT2D eigenvalue weighted by atomic mass is 9.79. The van der Waals surface area contributed by atoms with Gasteiger partial charge in [0.15, 0.2) is 0 Å². The molecule has 0 radical (unpaired) electrons. The van der Waals surface area contributed by atoms with Crippen LogP contribution in [0.4, 0.5) is 5.69 Å². The summed E-state index contributed by atoms with van der Waals surface area (Å²) >= 11 is 6.00. The van der Waals surface area contributed by atoms with Gasteiger partial charge in [-0.1, -0.05) is 41.9 Å². The molecule has 0 spiro atoms. The highest BCUT2D eigenvalue weighted by Gasteiger charge is 2.32. The summed E-state index contributed by atoms with van der Waals surface area (Å²) in [5.74, 6) is -2.11. The number of non-ortho nitro benzene ring substituents is 1. The topological polar surface area (TPSA) is 95.7 Å². The van der Waals surface area contributed by atoms with Gasteiger partial charge in [-0.3, -0.25) is 14.9 Å². The third-order valence-electron chi connectivity index (χ3n) is 4.55. The smallest absolute Gasteiger partial charge is 0.330 e. The Balaban J connectivity index is 2.45. The first-order valence-electron chi connectivity index (χ1n) is 9.28. The van der Waals surface area contributed by atoms with Crippen molar-refractivity contribution in [2.45, 2.75) is 25.2 Å². The fourth-order valence-corrected chi connectivity index (χ4v) is 3.26. The van der Waals surface area contributed by atoms with Gasteiger partial charge in [0.05, 0.1) is 24.6 Å². The molecule has 0 fully saturated rings. The third kappa shape index (κ3) is 6.15. The summed E-state index contributed by atoms with van der Waals surface area (Å²) in [5.41, 5.74) is 1.30. The Kier molecular flexibility index (Phi) is 8.55. The van der Waals surface area contributed by atoms with Crippen LogP contribution in [0.2, 0.25) is 5.02 Å². The number of methoxy groups -OCH3 is 1. The van der Waals surface area contributed by atoms with Gasteiger partial charge in [-0.2, -0.15) is 0 Å². The van der Waals surface area contributed by atoms with E-state index < -0.39 is 28.7 Å². The van der Waals surface area contributed by atoms with Crippen LogP contribution >= 0.6 is 11.6 Å². The third-order valence-corrected chi connectivity index (χ3v) is 4.80. The molecule has 0 bridgehead atoms. The van der Waals surface area contributed by atoms with Gasteiger partial charge < -0.3 is 9.47 Å². The molecule has 0 saturated heterocycles. The van der Waals surface area contributed by atoms with Crippen molar-refractivity contribution in [3.05, 3.63) is 86.9 Å². The van der Waals surface area contributed by atoms with Crippen molar-refractivity contribution in [2.75, 3.05) is 13.7 Å². The second kappa shape index (κ2) is 11.1. The van der Waals surface area contributed by atoms with E-state index in [-0.39, 0.29) is 12.3 Å². The number of carbonyl (C=O) groups is 2. The molecular weight excluding hydrogens is 410 g/mol. The average molecular weight is 432 g/mol. The van der Waals surface area contributed by atoms with Gasteiger partial charge in [0.1, 0.15) is 0 Å². The summed E-state index contributed by atoms with van der Waals surface area (Å²) in [4.78, 5) is 34.8. The minimum atomic E-state index is -0.746. The van der Waals surface area contributed by atoms with Crippen LogP contribution in [0, 0.1) is 10.1 Å². The molecule has 0 aliphatic carbocycles. The van der Waals surface area contributed by atoms with Gasteiger partial charge in [-0.05, 0) is 36.6 Å². The van der Waals surface area contributed by atoms with Gasteiger partial charge in [-0.15, -0.1) is 0 Å². The summed E-state index contributed by atoms with van der Waals surface area (Å²) in [6.45, 7) is 1.97. The molecule has 0 aliphatic rings. The van der Waals surface area contributed by atoms with Gasteiger partial charge in [0.2, 0.25) is 0 Å².